The molecule has 0 amide bonds. The number of piperazine rings is 1. The van der Waals surface area contributed by atoms with Crippen LogP contribution in [0.3, 0.4) is 0 Å². The zero-order valence-corrected chi connectivity index (χ0v) is 18.5. The molecular formula is C20H34N6O2. The molecule has 0 aliphatic carbocycles. The van der Waals surface area contributed by atoms with Crippen molar-refractivity contribution in [2.75, 3.05) is 26.2 Å². The van der Waals surface area contributed by atoms with E-state index in [1.165, 1.54) is 0 Å². The van der Waals surface area contributed by atoms with Crippen molar-refractivity contribution in [3.63, 3.8) is 0 Å². The van der Waals surface area contributed by atoms with Gasteiger partial charge in [-0.3, -0.25) is 9.80 Å². The van der Waals surface area contributed by atoms with Crippen molar-refractivity contribution in [2.24, 2.45) is 0 Å². The van der Waals surface area contributed by atoms with Gasteiger partial charge in [-0.15, -0.1) is 0 Å². The van der Waals surface area contributed by atoms with Crippen molar-refractivity contribution in [3.8, 4) is 0 Å². The lowest BCUT2D eigenvalue weighted by Crippen LogP contribution is -2.47. The Morgan fingerprint density at radius 2 is 1.00 bits per heavy atom. The van der Waals surface area contributed by atoms with Crippen LogP contribution in [0.5, 0.6) is 0 Å². The fourth-order valence-corrected chi connectivity index (χ4v) is 3.24. The summed E-state index contributed by atoms with van der Waals surface area (Å²) >= 11 is 0. The Hall–Kier alpha value is -1.80. The summed E-state index contributed by atoms with van der Waals surface area (Å²) in [6.07, 6.45) is 0. The van der Waals surface area contributed by atoms with E-state index in [0.29, 0.717) is 11.8 Å². The van der Waals surface area contributed by atoms with Crippen LogP contribution in [-0.4, -0.2) is 56.3 Å². The minimum absolute atomic E-state index is 0.106. The van der Waals surface area contributed by atoms with Gasteiger partial charge in [0, 0.05) is 37.0 Å². The molecule has 1 aliphatic heterocycles. The van der Waals surface area contributed by atoms with Crippen LogP contribution in [0.1, 0.15) is 90.9 Å². The number of hydrogen-bond donors (Lipinski definition) is 0. The molecule has 0 N–H and O–H groups in total. The molecule has 0 bridgehead atoms. The van der Waals surface area contributed by atoms with Crippen molar-refractivity contribution in [1.82, 2.24) is 30.1 Å². The fourth-order valence-electron chi connectivity index (χ4n) is 3.24. The largest absolute Gasteiger partial charge is 0.338 e. The Bertz CT molecular complexity index is 711. The number of nitrogens with zero attached hydrogens (tertiary/aromatic N) is 6. The molecule has 2 aromatic heterocycles. The minimum Gasteiger partial charge on any atom is -0.338 e. The van der Waals surface area contributed by atoms with E-state index in [-0.39, 0.29) is 22.9 Å². The highest BCUT2D eigenvalue weighted by Gasteiger charge is 2.31. The molecule has 8 heteroatoms. The molecule has 3 rings (SSSR count). The third-order valence-corrected chi connectivity index (χ3v) is 5.38. The van der Waals surface area contributed by atoms with Gasteiger partial charge in [-0.1, -0.05) is 51.9 Å². The minimum atomic E-state index is -0.106. The van der Waals surface area contributed by atoms with Crippen LogP contribution in [0, 0.1) is 0 Å². The summed E-state index contributed by atoms with van der Waals surface area (Å²) in [6, 6.07) is 0.217. The summed E-state index contributed by atoms with van der Waals surface area (Å²) in [5.74, 6) is 2.90. The van der Waals surface area contributed by atoms with E-state index < -0.39 is 0 Å². The van der Waals surface area contributed by atoms with E-state index in [4.69, 9.17) is 9.05 Å². The van der Waals surface area contributed by atoms with E-state index in [1.807, 2.05) is 0 Å². The molecule has 0 saturated carbocycles. The maximum absolute atomic E-state index is 5.53. The van der Waals surface area contributed by atoms with Gasteiger partial charge < -0.3 is 9.05 Å². The van der Waals surface area contributed by atoms with Gasteiger partial charge in [-0.05, 0) is 13.8 Å². The summed E-state index contributed by atoms with van der Waals surface area (Å²) in [7, 11) is 0. The lowest BCUT2D eigenvalue weighted by Gasteiger charge is -2.38. The van der Waals surface area contributed by atoms with Gasteiger partial charge >= 0.3 is 0 Å². The average Bonchev–Trinajstić information content (AvgIpc) is 3.29. The Kier molecular flexibility index (Phi) is 5.64. The number of rotatable bonds is 4. The SMILES string of the molecule is C[C@H](c1nc(C(C)(C)C)no1)N1CCN([C@H](C)c2nc(C(C)(C)C)no2)CC1. The molecule has 2 aromatic rings. The van der Waals surface area contributed by atoms with Gasteiger partial charge in [0.2, 0.25) is 11.8 Å². The molecule has 8 nitrogen and oxygen atoms in total. The first-order chi connectivity index (χ1) is 13.0. The molecule has 0 spiro atoms. The lowest BCUT2D eigenvalue weighted by atomic mass is 9.96. The fraction of sp³-hybridized carbons (Fsp3) is 0.800. The van der Waals surface area contributed by atoms with Crippen LogP contribution < -0.4 is 0 Å². The summed E-state index contributed by atoms with van der Waals surface area (Å²) in [5.41, 5.74) is -0.211. The van der Waals surface area contributed by atoms with E-state index >= 15 is 0 Å². The molecule has 2 atom stereocenters. The Labute approximate surface area is 167 Å². The molecular weight excluding hydrogens is 356 g/mol. The van der Waals surface area contributed by atoms with Gasteiger partial charge in [0.1, 0.15) is 0 Å². The van der Waals surface area contributed by atoms with Crippen LogP contribution >= 0.6 is 0 Å². The van der Waals surface area contributed by atoms with Crippen LogP contribution in [0.4, 0.5) is 0 Å². The topological polar surface area (TPSA) is 84.3 Å². The van der Waals surface area contributed by atoms with Crippen LogP contribution in [0.25, 0.3) is 0 Å². The van der Waals surface area contributed by atoms with Crippen LogP contribution in [0.2, 0.25) is 0 Å². The van der Waals surface area contributed by atoms with Crippen LogP contribution in [-0.2, 0) is 10.8 Å². The van der Waals surface area contributed by atoms with Gasteiger partial charge in [0.25, 0.3) is 0 Å². The smallest absolute Gasteiger partial charge is 0.243 e. The summed E-state index contributed by atoms with van der Waals surface area (Å²) in [4.78, 5) is 14.0. The van der Waals surface area contributed by atoms with Crippen molar-refractivity contribution in [1.29, 1.82) is 0 Å². The van der Waals surface area contributed by atoms with Gasteiger partial charge in [0.15, 0.2) is 11.6 Å². The van der Waals surface area contributed by atoms with Gasteiger partial charge in [-0.25, -0.2) is 0 Å². The van der Waals surface area contributed by atoms with E-state index in [2.05, 4.69) is 85.5 Å². The highest BCUT2D eigenvalue weighted by atomic mass is 16.5. The predicted molar refractivity (Wildman–Crippen MR) is 106 cm³/mol. The zero-order chi connectivity index (χ0) is 20.7. The summed E-state index contributed by atoms with van der Waals surface area (Å²) < 4.78 is 11.1. The first-order valence-electron chi connectivity index (χ1n) is 10.1. The normalized spacial score (nSPS) is 19.7. The maximum atomic E-state index is 5.53. The maximum Gasteiger partial charge on any atom is 0.243 e. The monoisotopic (exact) mass is 390 g/mol. The second-order valence-electron chi connectivity index (χ2n) is 9.84. The molecule has 28 heavy (non-hydrogen) atoms. The molecule has 156 valence electrons. The Morgan fingerprint density at radius 3 is 1.25 bits per heavy atom. The van der Waals surface area contributed by atoms with Gasteiger partial charge in [0.05, 0.1) is 12.1 Å². The average molecular weight is 391 g/mol. The van der Waals surface area contributed by atoms with Crippen LogP contribution in [0.15, 0.2) is 9.05 Å². The van der Waals surface area contributed by atoms with Crippen molar-refractivity contribution in [2.45, 2.75) is 78.3 Å². The van der Waals surface area contributed by atoms with Crippen molar-refractivity contribution < 1.29 is 9.05 Å². The lowest BCUT2D eigenvalue weighted by molar-refractivity contribution is 0.0588. The molecule has 0 radical (unpaired) electrons. The van der Waals surface area contributed by atoms with Crippen molar-refractivity contribution >= 4 is 0 Å². The molecule has 1 aliphatic rings. The quantitative estimate of drug-likeness (QED) is 0.784. The predicted octanol–water partition coefficient (Wildman–Crippen LogP) is 3.49. The molecule has 0 unspecified atom stereocenters. The van der Waals surface area contributed by atoms with E-state index in [9.17, 15) is 0 Å². The molecule has 3 heterocycles. The highest BCUT2D eigenvalue weighted by Crippen LogP contribution is 2.27. The first-order valence-corrected chi connectivity index (χ1v) is 10.1. The standard InChI is InChI=1S/C20H34N6O2/c1-13(15-21-17(23-27-15)19(3,4)5)25-9-11-26(12-10-25)14(2)16-22-18(24-28-16)20(6,7)8/h13-14H,9-12H2,1-8H3/t13-,14-/m1/s1. The Balaban J connectivity index is 1.59. The van der Waals surface area contributed by atoms with E-state index in [1.54, 1.807) is 0 Å². The second kappa shape index (κ2) is 7.55. The van der Waals surface area contributed by atoms with Crippen molar-refractivity contribution in [3.05, 3.63) is 23.4 Å². The summed E-state index contributed by atoms with van der Waals surface area (Å²) in [6.45, 7) is 20.5. The summed E-state index contributed by atoms with van der Waals surface area (Å²) in [5, 5.41) is 8.31. The zero-order valence-electron chi connectivity index (χ0n) is 18.5. The second-order valence-corrected chi connectivity index (χ2v) is 9.84. The number of hydrogen-bond acceptors (Lipinski definition) is 8. The number of aromatic nitrogens is 4. The molecule has 0 aromatic carbocycles. The first kappa shape index (κ1) is 20.9. The highest BCUT2D eigenvalue weighted by molar-refractivity contribution is 5.04. The third kappa shape index (κ3) is 4.43. The molecule has 1 saturated heterocycles. The Morgan fingerprint density at radius 1 is 0.679 bits per heavy atom. The van der Waals surface area contributed by atoms with Gasteiger partial charge in [-0.2, -0.15) is 9.97 Å². The third-order valence-electron chi connectivity index (χ3n) is 5.38. The molecule has 1 fully saturated rings. The van der Waals surface area contributed by atoms with E-state index in [0.717, 1.165) is 37.8 Å².